The molecule has 2 heterocycles. The van der Waals surface area contributed by atoms with E-state index in [1.165, 1.54) is 6.20 Å². The number of amides is 2. The van der Waals surface area contributed by atoms with Gasteiger partial charge in [-0.3, -0.25) is 9.59 Å². The lowest BCUT2D eigenvalue weighted by atomic mass is 10.1. The van der Waals surface area contributed by atoms with Gasteiger partial charge in [-0.05, 0) is 25.0 Å². The molecule has 0 atom stereocenters. The second-order valence-corrected chi connectivity index (χ2v) is 6.80. The number of nitrogens with zero attached hydrogens (tertiary/aromatic N) is 2. The minimum atomic E-state index is -0.881. The van der Waals surface area contributed by atoms with E-state index in [0.29, 0.717) is 23.6 Å². The minimum absolute atomic E-state index is 0.0763. The first kappa shape index (κ1) is 19.5. The van der Waals surface area contributed by atoms with Crippen molar-refractivity contribution >= 4 is 46.1 Å². The van der Waals surface area contributed by atoms with Crippen molar-refractivity contribution in [2.24, 2.45) is 0 Å². The predicted molar refractivity (Wildman–Crippen MR) is 103 cm³/mol. The molecule has 1 aliphatic heterocycles. The van der Waals surface area contributed by atoms with Crippen LogP contribution in [0, 0.1) is 11.6 Å². The fraction of sp³-hybridized carbons (Fsp3) is 0.353. The van der Waals surface area contributed by atoms with Gasteiger partial charge in [0, 0.05) is 25.2 Å². The van der Waals surface area contributed by atoms with E-state index >= 15 is 0 Å². The van der Waals surface area contributed by atoms with Gasteiger partial charge in [0.05, 0.1) is 16.3 Å². The zero-order valence-electron chi connectivity index (χ0n) is 14.2. The van der Waals surface area contributed by atoms with Crippen LogP contribution in [0.1, 0.15) is 23.4 Å². The van der Waals surface area contributed by atoms with Gasteiger partial charge in [-0.25, -0.2) is 13.8 Å². The van der Waals surface area contributed by atoms with Crippen LogP contribution in [-0.2, 0) is 4.79 Å². The van der Waals surface area contributed by atoms with E-state index < -0.39 is 17.5 Å². The van der Waals surface area contributed by atoms with Crippen LogP contribution in [0.15, 0.2) is 28.8 Å². The summed E-state index contributed by atoms with van der Waals surface area (Å²) in [6.45, 7) is 1.30. The van der Waals surface area contributed by atoms with E-state index in [0.717, 1.165) is 25.0 Å². The van der Waals surface area contributed by atoms with Gasteiger partial charge >= 0.3 is 0 Å². The van der Waals surface area contributed by atoms with Crippen LogP contribution in [0.5, 0.6) is 0 Å². The van der Waals surface area contributed by atoms with Crippen molar-refractivity contribution in [3.8, 4) is 0 Å². The number of likely N-dealkylation sites (tertiary alicyclic amines) is 1. The van der Waals surface area contributed by atoms with Crippen molar-refractivity contribution in [2.75, 3.05) is 28.2 Å². The van der Waals surface area contributed by atoms with Crippen LogP contribution in [0.3, 0.4) is 0 Å². The Labute approximate surface area is 167 Å². The van der Waals surface area contributed by atoms with Crippen LogP contribution < -0.4 is 10.6 Å². The number of carbonyl (C=O) groups excluding carboxylic acids is 2. The maximum absolute atomic E-state index is 13.6. The molecular formula is C17H17F2IN4O3. The van der Waals surface area contributed by atoms with Crippen LogP contribution in [0.2, 0.25) is 0 Å². The summed E-state index contributed by atoms with van der Waals surface area (Å²) in [5.74, 6) is -2.28. The summed E-state index contributed by atoms with van der Waals surface area (Å²) in [6, 6.07) is 3.10. The first-order valence-corrected chi connectivity index (χ1v) is 9.81. The fourth-order valence-electron chi connectivity index (χ4n) is 2.75. The molecule has 1 fully saturated rings. The lowest BCUT2D eigenvalue weighted by Crippen LogP contribution is -2.42. The Balaban J connectivity index is 1.55. The number of piperidine rings is 1. The molecule has 1 aromatic carbocycles. The highest BCUT2D eigenvalue weighted by Crippen LogP contribution is 2.19. The van der Waals surface area contributed by atoms with Gasteiger partial charge < -0.3 is 20.0 Å². The molecule has 2 N–H and O–H groups in total. The highest BCUT2D eigenvalue weighted by molar-refractivity contribution is 14.1. The molecular weight excluding hydrogens is 473 g/mol. The molecule has 0 saturated carbocycles. The summed E-state index contributed by atoms with van der Waals surface area (Å²) in [5, 5.41) is 5.40. The van der Waals surface area contributed by atoms with Gasteiger partial charge in [0.1, 0.15) is 11.6 Å². The third-order valence-electron chi connectivity index (χ3n) is 4.20. The molecule has 0 radical (unpaired) electrons. The van der Waals surface area contributed by atoms with E-state index in [1.807, 2.05) is 27.5 Å². The Morgan fingerprint density at radius 2 is 2.04 bits per heavy atom. The molecule has 27 heavy (non-hydrogen) atoms. The number of carbonyl (C=O) groups is 2. The smallest absolute Gasteiger partial charge is 0.295 e. The number of hydrogen-bond acceptors (Lipinski definition) is 5. The average molecular weight is 490 g/mol. The standard InChI is InChI=1S/C17H17F2IN4O3/c18-10-1-2-13(12(19)7-10)23-16(26)14-9-21-17(27-14)22-11-3-5-24(6-4-11)15(25)8-20/h1-2,7,9,11H,3-6,8H2,(H,21,22)(H,23,26). The number of rotatable bonds is 5. The van der Waals surface area contributed by atoms with Gasteiger partial charge in [0.15, 0.2) is 0 Å². The van der Waals surface area contributed by atoms with E-state index in [9.17, 15) is 18.4 Å². The van der Waals surface area contributed by atoms with Gasteiger partial charge in [0.25, 0.3) is 11.9 Å². The number of aromatic nitrogens is 1. The fourth-order valence-corrected chi connectivity index (χ4v) is 3.24. The Morgan fingerprint density at radius 3 is 2.70 bits per heavy atom. The summed E-state index contributed by atoms with van der Waals surface area (Å²) in [6.07, 6.45) is 2.72. The number of nitrogens with one attached hydrogen (secondary N) is 2. The molecule has 0 bridgehead atoms. The SMILES string of the molecule is O=C(Nc1ccc(F)cc1F)c1cnc(NC2CCN(C(=O)CI)CC2)o1. The molecule has 3 rings (SSSR count). The van der Waals surface area contributed by atoms with Crippen LogP contribution >= 0.6 is 22.6 Å². The van der Waals surface area contributed by atoms with Crippen molar-refractivity contribution in [1.29, 1.82) is 0 Å². The zero-order valence-corrected chi connectivity index (χ0v) is 16.3. The maximum atomic E-state index is 13.6. The maximum Gasteiger partial charge on any atom is 0.295 e. The van der Waals surface area contributed by atoms with Crippen LogP contribution in [-0.4, -0.2) is 45.3 Å². The molecule has 7 nitrogen and oxygen atoms in total. The molecule has 10 heteroatoms. The minimum Gasteiger partial charge on any atom is -0.418 e. The van der Waals surface area contributed by atoms with E-state index in [1.54, 1.807) is 0 Å². The number of halogens is 3. The monoisotopic (exact) mass is 490 g/mol. The number of oxazole rings is 1. The summed E-state index contributed by atoms with van der Waals surface area (Å²) in [5.41, 5.74) is -0.153. The lowest BCUT2D eigenvalue weighted by molar-refractivity contribution is -0.129. The van der Waals surface area contributed by atoms with Gasteiger partial charge in [-0.1, -0.05) is 22.6 Å². The molecule has 1 aromatic heterocycles. The highest BCUT2D eigenvalue weighted by atomic mass is 127. The number of alkyl halides is 1. The molecule has 2 aromatic rings. The van der Waals surface area contributed by atoms with Gasteiger partial charge in [-0.2, -0.15) is 0 Å². The average Bonchev–Trinajstić information content (AvgIpc) is 3.12. The molecule has 0 spiro atoms. The van der Waals surface area contributed by atoms with Gasteiger partial charge in [0.2, 0.25) is 11.7 Å². The predicted octanol–water partition coefficient (Wildman–Crippen LogP) is 3.04. The van der Waals surface area contributed by atoms with Gasteiger partial charge in [-0.15, -0.1) is 0 Å². The van der Waals surface area contributed by atoms with E-state index in [2.05, 4.69) is 15.6 Å². The quantitative estimate of drug-likeness (QED) is 0.497. The summed E-state index contributed by atoms with van der Waals surface area (Å²) in [4.78, 5) is 29.6. The third kappa shape index (κ3) is 4.93. The molecule has 0 aliphatic carbocycles. The van der Waals surface area contributed by atoms with E-state index in [4.69, 9.17) is 4.42 Å². The molecule has 0 unspecified atom stereocenters. The first-order valence-electron chi connectivity index (χ1n) is 8.29. The van der Waals surface area contributed by atoms with E-state index in [-0.39, 0.29) is 29.4 Å². The topological polar surface area (TPSA) is 87.5 Å². The van der Waals surface area contributed by atoms with Crippen molar-refractivity contribution < 1.29 is 22.8 Å². The molecule has 144 valence electrons. The first-order chi connectivity index (χ1) is 13.0. The Morgan fingerprint density at radius 1 is 1.30 bits per heavy atom. The third-order valence-corrected chi connectivity index (χ3v) is 4.85. The Hall–Kier alpha value is -2.24. The normalized spacial score (nSPS) is 14.9. The summed E-state index contributed by atoms with van der Waals surface area (Å²) >= 11 is 2.05. The number of hydrogen-bond donors (Lipinski definition) is 2. The van der Waals surface area contributed by atoms with Crippen molar-refractivity contribution in [2.45, 2.75) is 18.9 Å². The number of anilines is 2. The highest BCUT2D eigenvalue weighted by Gasteiger charge is 2.23. The zero-order chi connectivity index (χ0) is 19.4. The molecule has 1 aliphatic rings. The summed E-state index contributed by atoms with van der Waals surface area (Å²) in [7, 11) is 0. The second-order valence-electron chi connectivity index (χ2n) is 6.04. The second kappa shape index (κ2) is 8.63. The van der Waals surface area contributed by atoms with Crippen LogP contribution in [0.25, 0.3) is 0 Å². The van der Waals surface area contributed by atoms with Crippen molar-refractivity contribution in [3.63, 3.8) is 0 Å². The Kier molecular flexibility index (Phi) is 6.24. The number of benzene rings is 1. The lowest BCUT2D eigenvalue weighted by Gasteiger charge is -2.31. The van der Waals surface area contributed by atoms with Crippen LogP contribution in [0.4, 0.5) is 20.5 Å². The summed E-state index contributed by atoms with van der Waals surface area (Å²) < 4.78 is 32.4. The molecule has 1 saturated heterocycles. The van der Waals surface area contributed by atoms with Crippen molar-refractivity contribution in [1.82, 2.24) is 9.88 Å². The van der Waals surface area contributed by atoms with Crippen molar-refractivity contribution in [3.05, 3.63) is 41.8 Å². The largest absolute Gasteiger partial charge is 0.418 e. The molecule has 2 amide bonds. The Bertz CT molecular complexity index is 837.